The topological polar surface area (TPSA) is 93.7 Å². The van der Waals surface area contributed by atoms with Gasteiger partial charge in [-0.05, 0) is 55.5 Å². The fourth-order valence-corrected chi connectivity index (χ4v) is 3.21. The summed E-state index contributed by atoms with van der Waals surface area (Å²) in [7, 11) is -2.17. The van der Waals surface area contributed by atoms with Crippen molar-refractivity contribution in [1.29, 1.82) is 0 Å². The molecule has 7 nitrogen and oxygen atoms in total. The van der Waals surface area contributed by atoms with E-state index < -0.39 is 10.0 Å². The van der Waals surface area contributed by atoms with Gasteiger partial charge in [-0.3, -0.25) is 9.52 Å². The lowest BCUT2D eigenvalue weighted by molar-refractivity contribution is 0.0937. The minimum Gasteiger partial charge on any atom is -0.494 e. The van der Waals surface area contributed by atoms with Crippen molar-refractivity contribution in [2.45, 2.75) is 11.8 Å². The van der Waals surface area contributed by atoms with Crippen LogP contribution in [-0.2, 0) is 14.8 Å². The molecule has 0 saturated carbocycles. The number of hydrogen-bond acceptors (Lipinski definition) is 5. The van der Waals surface area contributed by atoms with Crippen molar-refractivity contribution in [3.05, 3.63) is 54.1 Å². The van der Waals surface area contributed by atoms with Crippen LogP contribution < -0.4 is 14.8 Å². The van der Waals surface area contributed by atoms with Crippen LogP contribution in [0, 0.1) is 0 Å². The highest BCUT2D eigenvalue weighted by Gasteiger charge is 2.14. The monoisotopic (exact) mass is 378 g/mol. The van der Waals surface area contributed by atoms with Crippen molar-refractivity contribution in [3.8, 4) is 5.75 Å². The summed E-state index contributed by atoms with van der Waals surface area (Å²) in [5, 5.41) is 2.69. The Balaban J connectivity index is 2.03. The predicted octanol–water partition coefficient (Wildman–Crippen LogP) is 2.26. The number of ether oxygens (including phenoxy) is 2. The number of hydrogen-bond donors (Lipinski definition) is 2. The summed E-state index contributed by atoms with van der Waals surface area (Å²) in [6.07, 6.45) is 0. The molecule has 0 aliphatic carbocycles. The van der Waals surface area contributed by atoms with Gasteiger partial charge < -0.3 is 14.8 Å². The molecule has 0 bridgehead atoms. The molecule has 0 spiro atoms. The van der Waals surface area contributed by atoms with Crippen LogP contribution in [0.15, 0.2) is 53.4 Å². The highest BCUT2D eigenvalue weighted by molar-refractivity contribution is 7.92. The van der Waals surface area contributed by atoms with Crippen LogP contribution in [0.4, 0.5) is 5.69 Å². The summed E-state index contributed by atoms with van der Waals surface area (Å²) in [6, 6.07) is 12.3. The van der Waals surface area contributed by atoms with Crippen molar-refractivity contribution in [3.63, 3.8) is 0 Å². The predicted molar refractivity (Wildman–Crippen MR) is 99.1 cm³/mol. The fourth-order valence-electron chi connectivity index (χ4n) is 2.15. The highest BCUT2D eigenvalue weighted by atomic mass is 32.2. The van der Waals surface area contributed by atoms with Gasteiger partial charge in [0.05, 0.1) is 18.1 Å². The second kappa shape index (κ2) is 9.21. The number of anilines is 1. The molecular formula is C18H22N2O5S. The first-order chi connectivity index (χ1) is 12.5. The Labute approximate surface area is 153 Å². The van der Waals surface area contributed by atoms with Gasteiger partial charge in [0.25, 0.3) is 15.9 Å². The molecule has 0 heterocycles. The first-order valence-corrected chi connectivity index (χ1v) is 9.57. The average molecular weight is 378 g/mol. The van der Waals surface area contributed by atoms with E-state index in [0.29, 0.717) is 36.8 Å². The third kappa shape index (κ3) is 5.47. The molecule has 2 aromatic carbocycles. The fraction of sp³-hybridized carbons (Fsp3) is 0.278. The van der Waals surface area contributed by atoms with Crippen LogP contribution in [0.1, 0.15) is 17.3 Å². The average Bonchev–Trinajstić information content (AvgIpc) is 2.63. The first kappa shape index (κ1) is 19.7. The quantitative estimate of drug-likeness (QED) is 0.653. The normalized spacial score (nSPS) is 11.0. The molecule has 0 fully saturated rings. The molecule has 8 heteroatoms. The van der Waals surface area contributed by atoms with Crippen LogP contribution in [0.5, 0.6) is 5.75 Å². The Bertz CT molecular complexity index is 818. The van der Waals surface area contributed by atoms with Gasteiger partial charge in [-0.1, -0.05) is 0 Å². The maximum atomic E-state index is 12.4. The minimum absolute atomic E-state index is 0.127. The number of sulfonamides is 1. The Morgan fingerprint density at radius 3 is 2.27 bits per heavy atom. The number of amides is 1. The zero-order chi connectivity index (χ0) is 19.0. The van der Waals surface area contributed by atoms with Crippen molar-refractivity contribution < 1.29 is 22.7 Å². The maximum Gasteiger partial charge on any atom is 0.261 e. The standard InChI is InChI=1S/C18H22N2O5S/c1-3-25-16-8-10-17(11-9-16)26(22,23)20-15-6-4-14(5-7-15)18(21)19-12-13-24-2/h4-11,20H,3,12-13H2,1-2H3,(H,19,21). The van der Waals surface area contributed by atoms with Gasteiger partial charge in [0, 0.05) is 24.9 Å². The summed E-state index contributed by atoms with van der Waals surface area (Å²) in [6.45, 7) is 3.19. The van der Waals surface area contributed by atoms with E-state index in [1.807, 2.05) is 6.92 Å². The van der Waals surface area contributed by atoms with Crippen LogP contribution in [-0.4, -0.2) is 41.2 Å². The Kier molecular flexibility index (Phi) is 6.99. The van der Waals surface area contributed by atoms with Crippen molar-refractivity contribution >= 4 is 21.6 Å². The van der Waals surface area contributed by atoms with Gasteiger partial charge in [0.2, 0.25) is 0 Å². The number of carbonyl (C=O) groups is 1. The van der Waals surface area contributed by atoms with E-state index in [1.54, 1.807) is 31.4 Å². The van der Waals surface area contributed by atoms with E-state index in [2.05, 4.69) is 10.0 Å². The van der Waals surface area contributed by atoms with E-state index in [0.717, 1.165) is 0 Å². The Morgan fingerprint density at radius 2 is 1.69 bits per heavy atom. The first-order valence-electron chi connectivity index (χ1n) is 8.09. The zero-order valence-electron chi connectivity index (χ0n) is 14.7. The number of benzene rings is 2. The Hall–Kier alpha value is -2.58. The van der Waals surface area contributed by atoms with E-state index >= 15 is 0 Å². The molecule has 2 rings (SSSR count). The van der Waals surface area contributed by atoms with Crippen molar-refractivity contribution in [1.82, 2.24) is 5.32 Å². The summed E-state index contributed by atoms with van der Waals surface area (Å²) >= 11 is 0. The second-order valence-corrected chi connectivity index (χ2v) is 7.02. The third-order valence-corrected chi connectivity index (χ3v) is 4.83. The lowest BCUT2D eigenvalue weighted by Crippen LogP contribution is -2.26. The molecule has 1 amide bonds. The molecule has 0 saturated heterocycles. The largest absolute Gasteiger partial charge is 0.494 e. The van der Waals surface area contributed by atoms with Gasteiger partial charge in [0.1, 0.15) is 5.75 Å². The third-order valence-electron chi connectivity index (χ3n) is 3.44. The van der Waals surface area contributed by atoms with E-state index in [-0.39, 0.29) is 10.8 Å². The summed E-state index contributed by atoms with van der Waals surface area (Å²) in [5.74, 6) is 0.359. The number of carbonyl (C=O) groups excluding carboxylic acids is 1. The SMILES string of the molecule is CCOc1ccc(S(=O)(=O)Nc2ccc(C(=O)NCCOC)cc2)cc1. The second-order valence-electron chi connectivity index (χ2n) is 5.34. The van der Waals surface area contributed by atoms with Crippen LogP contribution in [0.3, 0.4) is 0 Å². The number of rotatable bonds is 9. The van der Waals surface area contributed by atoms with Crippen LogP contribution in [0.25, 0.3) is 0 Å². The van der Waals surface area contributed by atoms with Gasteiger partial charge in [-0.2, -0.15) is 0 Å². The lowest BCUT2D eigenvalue weighted by Gasteiger charge is -2.10. The van der Waals surface area contributed by atoms with Crippen LogP contribution in [0.2, 0.25) is 0 Å². The van der Waals surface area contributed by atoms with Crippen molar-refractivity contribution in [2.24, 2.45) is 0 Å². The van der Waals surface area contributed by atoms with Crippen LogP contribution >= 0.6 is 0 Å². The molecule has 0 radical (unpaired) electrons. The van der Waals surface area contributed by atoms with Crippen molar-refractivity contribution in [2.75, 3.05) is 31.6 Å². The van der Waals surface area contributed by atoms with Gasteiger partial charge in [-0.25, -0.2) is 8.42 Å². The van der Waals surface area contributed by atoms with E-state index in [9.17, 15) is 13.2 Å². The summed E-state index contributed by atoms with van der Waals surface area (Å²) in [5.41, 5.74) is 0.803. The summed E-state index contributed by atoms with van der Waals surface area (Å²) < 4.78 is 37.5. The van der Waals surface area contributed by atoms with E-state index in [1.165, 1.54) is 24.3 Å². The number of nitrogens with one attached hydrogen (secondary N) is 2. The molecular weight excluding hydrogens is 356 g/mol. The molecule has 0 atom stereocenters. The van der Waals surface area contributed by atoms with E-state index in [4.69, 9.17) is 9.47 Å². The van der Waals surface area contributed by atoms with Gasteiger partial charge >= 0.3 is 0 Å². The molecule has 0 aliphatic heterocycles. The molecule has 140 valence electrons. The van der Waals surface area contributed by atoms with Gasteiger partial charge in [-0.15, -0.1) is 0 Å². The highest BCUT2D eigenvalue weighted by Crippen LogP contribution is 2.19. The molecule has 2 N–H and O–H groups in total. The molecule has 0 aromatic heterocycles. The number of methoxy groups -OCH3 is 1. The maximum absolute atomic E-state index is 12.4. The minimum atomic E-state index is -3.72. The smallest absolute Gasteiger partial charge is 0.261 e. The Morgan fingerprint density at radius 1 is 1.04 bits per heavy atom. The molecule has 26 heavy (non-hydrogen) atoms. The summed E-state index contributed by atoms with van der Waals surface area (Å²) in [4.78, 5) is 12.0. The molecule has 0 aliphatic rings. The molecule has 0 unspecified atom stereocenters. The molecule has 2 aromatic rings. The van der Waals surface area contributed by atoms with Gasteiger partial charge in [0.15, 0.2) is 0 Å². The zero-order valence-corrected chi connectivity index (χ0v) is 15.5. The lowest BCUT2D eigenvalue weighted by atomic mass is 10.2.